The van der Waals surface area contributed by atoms with Crippen molar-refractivity contribution in [3.05, 3.63) is 75.8 Å². The van der Waals surface area contributed by atoms with E-state index in [1.165, 1.54) is 4.57 Å². The largest absolute Gasteiger partial charge is 0.456 e. The topological polar surface area (TPSA) is 91.2 Å². The molecule has 0 radical (unpaired) electrons. The van der Waals surface area contributed by atoms with E-state index in [2.05, 4.69) is 9.97 Å². The molecular weight excluding hydrogens is 402 g/mol. The first-order valence-corrected chi connectivity index (χ1v) is 11.5. The van der Waals surface area contributed by atoms with Gasteiger partial charge in [-0.1, -0.05) is 37.3 Å². The minimum atomic E-state index is -3.29. The molecule has 8 heteroatoms. The molecule has 1 aromatic carbocycles. The maximum Gasteiger partial charge on any atom is 0.317 e. The monoisotopic (exact) mass is 427 g/mol. The van der Waals surface area contributed by atoms with E-state index in [-0.39, 0.29) is 29.2 Å². The number of aryl methyl sites for hydroxylation is 2. The molecule has 0 saturated heterocycles. The van der Waals surface area contributed by atoms with Crippen LogP contribution in [0.4, 0.5) is 0 Å². The molecule has 1 unspecified atom stereocenters. The van der Waals surface area contributed by atoms with E-state index in [9.17, 15) is 13.2 Å². The van der Waals surface area contributed by atoms with Crippen LogP contribution in [0.15, 0.2) is 53.5 Å². The van der Waals surface area contributed by atoms with Crippen LogP contribution in [0.1, 0.15) is 36.8 Å². The lowest BCUT2D eigenvalue weighted by Crippen LogP contribution is -2.18. The van der Waals surface area contributed by atoms with Crippen LogP contribution in [0.5, 0.6) is 6.01 Å². The standard InChI is InChI=1S/C22H25N3O4S/c1-5-30(27,28)14-19-12-20(18-11-15(2)21(26)25(4)13-18)24-22(23-19)29-16(3)17-9-7-6-8-10-17/h6-13,16H,5,14H2,1-4H3. The summed E-state index contributed by atoms with van der Waals surface area (Å²) in [5.74, 6) is -0.193. The molecule has 0 saturated carbocycles. The van der Waals surface area contributed by atoms with Crippen LogP contribution in [0.2, 0.25) is 0 Å². The average Bonchev–Trinajstić information content (AvgIpc) is 2.71. The Morgan fingerprint density at radius 3 is 2.47 bits per heavy atom. The second-order valence-corrected chi connectivity index (χ2v) is 9.56. The number of aromatic nitrogens is 3. The zero-order chi connectivity index (χ0) is 21.9. The van der Waals surface area contributed by atoms with Crippen molar-refractivity contribution in [2.24, 2.45) is 7.05 Å². The molecule has 0 aliphatic carbocycles. The summed E-state index contributed by atoms with van der Waals surface area (Å²) in [5, 5.41) is 0. The van der Waals surface area contributed by atoms with Crippen molar-refractivity contribution in [2.75, 3.05) is 5.75 Å². The molecule has 0 aliphatic rings. The number of hydrogen-bond acceptors (Lipinski definition) is 6. The van der Waals surface area contributed by atoms with Gasteiger partial charge in [0.15, 0.2) is 9.84 Å². The Bertz CT molecular complexity index is 1180. The average molecular weight is 428 g/mol. The molecule has 0 amide bonds. The molecule has 158 valence electrons. The zero-order valence-electron chi connectivity index (χ0n) is 17.5. The maximum atomic E-state index is 12.2. The molecule has 30 heavy (non-hydrogen) atoms. The van der Waals surface area contributed by atoms with Gasteiger partial charge in [0.25, 0.3) is 5.56 Å². The molecule has 0 spiro atoms. The fraction of sp³-hybridized carbons (Fsp3) is 0.318. The zero-order valence-corrected chi connectivity index (χ0v) is 18.3. The van der Waals surface area contributed by atoms with Crippen LogP contribution < -0.4 is 10.3 Å². The summed E-state index contributed by atoms with van der Waals surface area (Å²) in [4.78, 5) is 20.9. The Balaban J connectivity index is 2.06. The molecule has 0 aliphatic heterocycles. The fourth-order valence-electron chi connectivity index (χ4n) is 3.04. The van der Waals surface area contributed by atoms with Crippen molar-refractivity contribution in [1.29, 1.82) is 0 Å². The first-order valence-electron chi connectivity index (χ1n) is 9.66. The first kappa shape index (κ1) is 21.7. The van der Waals surface area contributed by atoms with Gasteiger partial charge in [0, 0.05) is 30.1 Å². The third-order valence-electron chi connectivity index (χ3n) is 4.78. The van der Waals surface area contributed by atoms with Crippen LogP contribution >= 0.6 is 0 Å². The lowest BCUT2D eigenvalue weighted by atomic mass is 10.1. The third-order valence-corrected chi connectivity index (χ3v) is 6.39. The van der Waals surface area contributed by atoms with Gasteiger partial charge < -0.3 is 9.30 Å². The van der Waals surface area contributed by atoms with Crippen molar-refractivity contribution in [3.8, 4) is 17.3 Å². The number of benzene rings is 1. The molecule has 1 atom stereocenters. The van der Waals surface area contributed by atoms with Gasteiger partial charge in [0.1, 0.15) is 6.10 Å². The molecule has 7 nitrogen and oxygen atoms in total. The summed E-state index contributed by atoms with van der Waals surface area (Å²) in [6, 6.07) is 13.1. The predicted octanol–water partition coefficient (Wildman–Crippen LogP) is 3.23. The van der Waals surface area contributed by atoms with Crippen LogP contribution in [-0.2, 0) is 22.6 Å². The fourth-order valence-corrected chi connectivity index (χ4v) is 3.85. The van der Waals surface area contributed by atoms with Crippen LogP contribution in [0, 0.1) is 6.92 Å². The van der Waals surface area contributed by atoms with Gasteiger partial charge in [-0.05, 0) is 31.5 Å². The Hall–Kier alpha value is -3.00. The lowest BCUT2D eigenvalue weighted by molar-refractivity contribution is 0.207. The highest BCUT2D eigenvalue weighted by molar-refractivity contribution is 7.90. The number of pyridine rings is 1. The summed E-state index contributed by atoms with van der Waals surface area (Å²) in [7, 11) is -1.63. The van der Waals surface area contributed by atoms with Gasteiger partial charge in [0.05, 0.1) is 17.1 Å². The highest BCUT2D eigenvalue weighted by Gasteiger charge is 2.17. The van der Waals surface area contributed by atoms with Gasteiger partial charge >= 0.3 is 6.01 Å². The molecular formula is C22H25N3O4S. The number of sulfone groups is 1. The van der Waals surface area contributed by atoms with Crippen molar-refractivity contribution >= 4 is 9.84 Å². The smallest absolute Gasteiger partial charge is 0.317 e. The molecule has 3 rings (SSSR count). The second kappa shape index (κ2) is 8.79. The molecule has 0 N–H and O–H groups in total. The Kier molecular flexibility index (Phi) is 6.36. The Morgan fingerprint density at radius 2 is 1.83 bits per heavy atom. The molecule has 2 aromatic heterocycles. The summed E-state index contributed by atoms with van der Waals surface area (Å²) in [5.41, 5.74) is 2.95. The molecule has 0 bridgehead atoms. The van der Waals surface area contributed by atoms with Gasteiger partial charge in [-0.2, -0.15) is 9.97 Å². The van der Waals surface area contributed by atoms with E-state index in [1.54, 1.807) is 39.2 Å². The summed E-state index contributed by atoms with van der Waals surface area (Å²) in [6.07, 6.45) is 1.35. The Morgan fingerprint density at radius 1 is 1.13 bits per heavy atom. The number of nitrogens with zero attached hydrogens (tertiary/aromatic N) is 3. The minimum absolute atomic E-state index is 0.0158. The van der Waals surface area contributed by atoms with Crippen molar-refractivity contribution in [2.45, 2.75) is 32.6 Å². The SMILES string of the molecule is CCS(=O)(=O)Cc1cc(-c2cc(C)c(=O)n(C)c2)nc(OC(C)c2ccccc2)n1. The second-order valence-electron chi connectivity index (χ2n) is 7.20. The van der Waals surface area contributed by atoms with Gasteiger partial charge in [-0.15, -0.1) is 0 Å². The normalized spacial score (nSPS) is 12.5. The summed E-state index contributed by atoms with van der Waals surface area (Å²) >= 11 is 0. The van der Waals surface area contributed by atoms with Crippen LogP contribution in [0.25, 0.3) is 11.3 Å². The van der Waals surface area contributed by atoms with E-state index in [0.29, 0.717) is 22.5 Å². The number of rotatable bonds is 7. The molecule has 3 aromatic rings. The van der Waals surface area contributed by atoms with E-state index < -0.39 is 9.84 Å². The van der Waals surface area contributed by atoms with Crippen molar-refractivity contribution in [3.63, 3.8) is 0 Å². The number of ether oxygens (including phenoxy) is 1. The van der Waals surface area contributed by atoms with Crippen molar-refractivity contribution in [1.82, 2.24) is 14.5 Å². The number of hydrogen-bond donors (Lipinski definition) is 0. The molecule has 2 heterocycles. The first-order chi connectivity index (χ1) is 14.2. The predicted molar refractivity (Wildman–Crippen MR) is 116 cm³/mol. The van der Waals surface area contributed by atoms with E-state index in [0.717, 1.165) is 5.56 Å². The highest BCUT2D eigenvalue weighted by Crippen LogP contribution is 2.24. The summed E-state index contributed by atoms with van der Waals surface area (Å²) < 4.78 is 31.8. The minimum Gasteiger partial charge on any atom is -0.456 e. The van der Waals surface area contributed by atoms with Crippen LogP contribution in [-0.4, -0.2) is 28.7 Å². The van der Waals surface area contributed by atoms with E-state index in [4.69, 9.17) is 4.74 Å². The maximum absolute atomic E-state index is 12.2. The van der Waals surface area contributed by atoms with Crippen LogP contribution in [0.3, 0.4) is 0 Å². The third kappa shape index (κ3) is 5.13. The molecule has 0 fully saturated rings. The summed E-state index contributed by atoms with van der Waals surface area (Å²) in [6.45, 7) is 5.21. The van der Waals surface area contributed by atoms with E-state index in [1.807, 2.05) is 37.3 Å². The van der Waals surface area contributed by atoms with E-state index >= 15 is 0 Å². The van der Waals surface area contributed by atoms with Gasteiger partial charge in [0.2, 0.25) is 0 Å². The highest BCUT2D eigenvalue weighted by atomic mass is 32.2. The van der Waals surface area contributed by atoms with Gasteiger partial charge in [-0.25, -0.2) is 8.42 Å². The quantitative estimate of drug-likeness (QED) is 0.575. The van der Waals surface area contributed by atoms with Crippen molar-refractivity contribution < 1.29 is 13.2 Å². The lowest BCUT2D eigenvalue weighted by Gasteiger charge is -2.15. The van der Waals surface area contributed by atoms with Gasteiger partial charge in [-0.3, -0.25) is 4.79 Å². The Labute approximate surface area is 176 Å².